The monoisotopic (exact) mass is 270 g/mol. The second kappa shape index (κ2) is 6.13. The molecule has 0 saturated heterocycles. The highest BCUT2D eigenvalue weighted by atomic mass is 32.1. The summed E-state index contributed by atoms with van der Waals surface area (Å²) in [6, 6.07) is 0. The normalized spacial score (nSPS) is 13.0. The van der Waals surface area contributed by atoms with Gasteiger partial charge in [0.15, 0.2) is 0 Å². The van der Waals surface area contributed by atoms with Crippen molar-refractivity contribution in [3.8, 4) is 0 Å². The van der Waals surface area contributed by atoms with Crippen LogP contribution in [0.4, 0.5) is 0 Å². The van der Waals surface area contributed by atoms with Crippen molar-refractivity contribution in [3.63, 3.8) is 0 Å². The van der Waals surface area contributed by atoms with Gasteiger partial charge in [0, 0.05) is 12.0 Å². The first-order chi connectivity index (χ1) is 8.45. The quantitative estimate of drug-likeness (QED) is 0.821. The summed E-state index contributed by atoms with van der Waals surface area (Å²) in [5.74, 6) is 0. The van der Waals surface area contributed by atoms with Gasteiger partial charge in [0.2, 0.25) is 0 Å². The summed E-state index contributed by atoms with van der Waals surface area (Å²) in [4.78, 5) is 4.82. The molecule has 0 aromatic carbocycles. The molecule has 3 nitrogen and oxygen atoms in total. The zero-order chi connectivity index (χ0) is 13.8. The van der Waals surface area contributed by atoms with Gasteiger partial charge in [-0.2, -0.15) is 0 Å². The van der Waals surface area contributed by atoms with E-state index in [1.165, 1.54) is 0 Å². The van der Waals surface area contributed by atoms with Gasteiger partial charge in [0.25, 0.3) is 0 Å². The first-order valence-corrected chi connectivity index (χ1v) is 7.63. The number of hydrogen-bond donors (Lipinski definition) is 1. The lowest BCUT2D eigenvalue weighted by molar-refractivity contribution is -0.0508. The Morgan fingerprint density at radius 1 is 1.28 bits per heavy atom. The van der Waals surface area contributed by atoms with Crippen LogP contribution in [0.3, 0.4) is 0 Å². The smallest absolute Gasteiger partial charge is 0.125 e. The van der Waals surface area contributed by atoms with Gasteiger partial charge >= 0.3 is 0 Å². The first kappa shape index (κ1) is 15.6. The summed E-state index contributed by atoms with van der Waals surface area (Å²) >= 11 is 1.71. The molecule has 0 aliphatic heterocycles. The Hall–Kier alpha value is -0.450. The fraction of sp³-hybridized carbons (Fsp3) is 0.786. The molecule has 1 aromatic heterocycles. The molecule has 1 heterocycles. The van der Waals surface area contributed by atoms with Gasteiger partial charge < -0.3 is 10.1 Å². The van der Waals surface area contributed by atoms with Crippen molar-refractivity contribution < 1.29 is 4.74 Å². The Balaban J connectivity index is 3.09. The molecule has 0 unspecified atom stereocenters. The molecule has 0 radical (unpaired) electrons. The lowest BCUT2D eigenvalue weighted by Gasteiger charge is -2.29. The van der Waals surface area contributed by atoms with E-state index in [0.717, 1.165) is 30.2 Å². The van der Waals surface area contributed by atoms with Crippen LogP contribution >= 0.6 is 11.3 Å². The zero-order valence-corrected chi connectivity index (χ0v) is 13.3. The Morgan fingerprint density at radius 2 is 1.89 bits per heavy atom. The van der Waals surface area contributed by atoms with E-state index in [0.29, 0.717) is 0 Å². The van der Waals surface area contributed by atoms with Gasteiger partial charge in [-0.1, -0.05) is 13.8 Å². The van der Waals surface area contributed by atoms with Crippen molar-refractivity contribution >= 4 is 11.3 Å². The maximum Gasteiger partial charge on any atom is 0.125 e. The Labute approximate surface area is 115 Å². The zero-order valence-electron chi connectivity index (χ0n) is 12.5. The number of ether oxygens (including phenoxy) is 1. The molecule has 0 aliphatic carbocycles. The van der Waals surface area contributed by atoms with Crippen LogP contribution in [0, 0.1) is 0 Å². The van der Waals surface area contributed by atoms with Gasteiger partial charge in [-0.25, -0.2) is 4.98 Å². The minimum Gasteiger partial charge on any atom is -0.368 e. The number of nitrogens with one attached hydrogen (secondary N) is 1. The topological polar surface area (TPSA) is 34.1 Å². The molecule has 1 N–H and O–H groups in total. The third-order valence-electron chi connectivity index (χ3n) is 3.72. The van der Waals surface area contributed by atoms with E-state index in [1.54, 1.807) is 11.3 Å². The van der Waals surface area contributed by atoms with Gasteiger partial charge in [0.05, 0.1) is 11.2 Å². The lowest BCUT2D eigenvalue weighted by atomic mass is 9.97. The summed E-state index contributed by atoms with van der Waals surface area (Å²) in [5, 5.41) is 6.54. The SMILES string of the molecule is CCOC(CC)(CC)c1nc(C(C)(C)NC)cs1. The number of thiazole rings is 1. The highest BCUT2D eigenvalue weighted by Crippen LogP contribution is 2.36. The number of nitrogens with zero attached hydrogens (tertiary/aromatic N) is 1. The molecule has 104 valence electrons. The van der Waals surface area contributed by atoms with Crippen molar-refractivity contribution in [2.24, 2.45) is 0 Å². The summed E-state index contributed by atoms with van der Waals surface area (Å²) in [7, 11) is 1.97. The molecule has 0 aliphatic rings. The van der Waals surface area contributed by atoms with Crippen LogP contribution < -0.4 is 5.32 Å². The molecule has 1 aromatic rings. The average Bonchev–Trinajstić information content (AvgIpc) is 2.87. The van der Waals surface area contributed by atoms with E-state index in [-0.39, 0.29) is 11.1 Å². The van der Waals surface area contributed by atoms with E-state index < -0.39 is 0 Å². The molecule has 0 spiro atoms. The highest BCUT2D eigenvalue weighted by molar-refractivity contribution is 7.09. The summed E-state index contributed by atoms with van der Waals surface area (Å²) < 4.78 is 6.00. The molecule has 0 amide bonds. The molecule has 1 rings (SSSR count). The van der Waals surface area contributed by atoms with E-state index in [1.807, 2.05) is 14.0 Å². The number of rotatable bonds is 7. The van der Waals surface area contributed by atoms with Crippen molar-refractivity contribution in [1.82, 2.24) is 10.3 Å². The van der Waals surface area contributed by atoms with Crippen molar-refractivity contribution in [1.29, 1.82) is 0 Å². The molecule has 4 heteroatoms. The van der Waals surface area contributed by atoms with Crippen LogP contribution in [-0.2, 0) is 15.9 Å². The molecule has 18 heavy (non-hydrogen) atoms. The molecule has 0 bridgehead atoms. The minimum atomic E-state index is -0.207. The van der Waals surface area contributed by atoms with Gasteiger partial charge in [-0.05, 0) is 40.7 Å². The largest absolute Gasteiger partial charge is 0.368 e. The Morgan fingerprint density at radius 3 is 2.33 bits per heavy atom. The van der Waals surface area contributed by atoms with Gasteiger partial charge in [-0.15, -0.1) is 11.3 Å². The van der Waals surface area contributed by atoms with Gasteiger partial charge in [0.1, 0.15) is 10.6 Å². The molecular weight excluding hydrogens is 244 g/mol. The van der Waals surface area contributed by atoms with Gasteiger partial charge in [-0.3, -0.25) is 0 Å². The number of aromatic nitrogens is 1. The number of hydrogen-bond acceptors (Lipinski definition) is 4. The Kier molecular flexibility index (Phi) is 5.32. The standard InChI is InChI=1S/C14H26N2OS/c1-7-14(8-2,17-9-3)12-16-11(10-18-12)13(4,5)15-6/h10,15H,7-9H2,1-6H3. The first-order valence-electron chi connectivity index (χ1n) is 6.75. The fourth-order valence-electron chi connectivity index (χ4n) is 1.99. The highest BCUT2D eigenvalue weighted by Gasteiger charge is 2.34. The van der Waals surface area contributed by atoms with Crippen LogP contribution in [0.5, 0.6) is 0 Å². The van der Waals surface area contributed by atoms with Crippen molar-refractivity contribution in [2.45, 2.75) is 58.6 Å². The second-order valence-electron chi connectivity index (χ2n) is 5.05. The molecular formula is C14H26N2OS. The predicted molar refractivity (Wildman–Crippen MR) is 78.1 cm³/mol. The van der Waals surface area contributed by atoms with E-state index >= 15 is 0 Å². The maximum atomic E-state index is 6.00. The summed E-state index contributed by atoms with van der Waals surface area (Å²) in [6.45, 7) is 11.4. The third-order valence-corrected chi connectivity index (χ3v) is 4.75. The van der Waals surface area contributed by atoms with Crippen LogP contribution in [0.1, 0.15) is 58.2 Å². The van der Waals surface area contributed by atoms with E-state index in [4.69, 9.17) is 9.72 Å². The molecule has 0 atom stereocenters. The van der Waals surface area contributed by atoms with Crippen LogP contribution in [-0.4, -0.2) is 18.6 Å². The summed E-state index contributed by atoms with van der Waals surface area (Å²) in [5.41, 5.74) is 0.798. The Bertz CT molecular complexity index is 370. The third kappa shape index (κ3) is 2.92. The molecule has 0 saturated carbocycles. The van der Waals surface area contributed by atoms with Crippen LogP contribution in [0.15, 0.2) is 5.38 Å². The fourth-order valence-corrected chi connectivity index (χ4v) is 3.28. The van der Waals surface area contributed by atoms with E-state index in [9.17, 15) is 0 Å². The second-order valence-corrected chi connectivity index (χ2v) is 5.91. The lowest BCUT2D eigenvalue weighted by Crippen LogP contribution is -2.34. The minimum absolute atomic E-state index is 0.0891. The van der Waals surface area contributed by atoms with Crippen molar-refractivity contribution in [3.05, 3.63) is 16.1 Å². The predicted octanol–water partition coefficient (Wildman–Crippen LogP) is 3.65. The van der Waals surface area contributed by atoms with Crippen molar-refractivity contribution in [2.75, 3.05) is 13.7 Å². The van der Waals surface area contributed by atoms with Crippen LogP contribution in [0.25, 0.3) is 0 Å². The average molecular weight is 270 g/mol. The van der Waals surface area contributed by atoms with Crippen LogP contribution in [0.2, 0.25) is 0 Å². The summed E-state index contributed by atoms with van der Waals surface area (Å²) in [6.07, 6.45) is 1.93. The van der Waals surface area contributed by atoms with E-state index in [2.05, 4.69) is 38.4 Å². The molecule has 0 fully saturated rings. The maximum absolute atomic E-state index is 6.00.